The number of nitrogens with two attached hydrogens (primary N) is 1. The molecule has 1 aromatic carbocycles. The lowest BCUT2D eigenvalue weighted by Gasteiger charge is -2.06. The Morgan fingerprint density at radius 1 is 1.60 bits per heavy atom. The van der Waals surface area contributed by atoms with Crippen molar-refractivity contribution in [2.24, 2.45) is 5.73 Å². The molecule has 5 heteroatoms. The highest BCUT2D eigenvalue weighted by molar-refractivity contribution is 6.01. The van der Waals surface area contributed by atoms with E-state index in [2.05, 4.69) is 0 Å². The number of aldehydes is 1. The molecule has 0 aromatic heterocycles. The second-order valence-corrected chi connectivity index (χ2v) is 2.73. The van der Waals surface area contributed by atoms with Crippen LogP contribution in [-0.2, 0) is 0 Å². The maximum absolute atomic E-state index is 11.0. The van der Waals surface area contributed by atoms with Gasteiger partial charge in [0.2, 0.25) is 5.91 Å². The number of benzene rings is 1. The average Bonchev–Trinajstić information content (AvgIpc) is 2.26. The zero-order valence-electron chi connectivity index (χ0n) is 7.98. The minimum atomic E-state index is -0.753. The van der Waals surface area contributed by atoms with Crippen LogP contribution in [0.25, 0.3) is 0 Å². The molecule has 1 aromatic rings. The van der Waals surface area contributed by atoms with Gasteiger partial charge in [-0.25, -0.2) is 0 Å². The molecule has 0 heterocycles. The van der Waals surface area contributed by atoms with Crippen molar-refractivity contribution in [1.29, 1.82) is 5.26 Å². The van der Waals surface area contributed by atoms with Gasteiger partial charge in [0.15, 0.2) is 6.29 Å². The monoisotopic (exact) mass is 204 g/mol. The average molecular weight is 204 g/mol. The second kappa shape index (κ2) is 4.24. The van der Waals surface area contributed by atoms with E-state index in [1.807, 2.05) is 6.07 Å². The third-order valence-electron chi connectivity index (χ3n) is 1.88. The Morgan fingerprint density at radius 3 is 2.67 bits per heavy atom. The molecule has 0 saturated heterocycles. The van der Waals surface area contributed by atoms with E-state index in [1.54, 1.807) is 0 Å². The van der Waals surface area contributed by atoms with Gasteiger partial charge in [-0.15, -0.1) is 0 Å². The standard InChI is InChI=1S/C10H8N2O3/c1-15-9-3-7(5-13)8(10(12)14)2-6(9)4-11/h2-3,5H,1H3,(H2,12,14). The fraction of sp³-hybridized carbons (Fsp3) is 0.100. The predicted octanol–water partition coefficient (Wildman–Crippen LogP) is 0.478. The molecule has 2 N–H and O–H groups in total. The van der Waals surface area contributed by atoms with Crippen molar-refractivity contribution in [2.45, 2.75) is 0 Å². The summed E-state index contributed by atoms with van der Waals surface area (Å²) in [6, 6.07) is 4.40. The van der Waals surface area contributed by atoms with E-state index >= 15 is 0 Å². The SMILES string of the molecule is COc1cc(C=O)c(C(N)=O)cc1C#N. The number of nitriles is 1. The Kier molecular flexibility index (Phi) is 3.03. The molecular formula is C10H8N2O3. The lowest BCUT2D eigenvalue weighted by molar-refractivity contribution is 0.0993. The van der Waals surface area contributed by atoms with Crippen LogP contribution in [0.3, 0.4) is 0 Å². The summed E-state index contributed by atoms with van der Waals surface area (Å²) in [7, 11) is 1.37. The van der Waals surface area contributed by atoms with Crippen LogP contribution in [0, 0.1) is 11.3 Å². The first kappa shape index (κ1) is 10.7. The molecule has 0 spiro atoms. The fourth-order valence-electron chi connectivity index (χ4n) is 1.16. The first-order valence-corrected chi connectivity index (χ1v) is 4.01. The minimum absolute atomic E-state index is 0.0161. The third kappa shape index (κ3) is 1.94. The van der Waals surface area contributed by atoms with Gasteiger partial charge in [0, 0.05) is 5.56 Å². The zero-order chi connectivity index (χ0) is 11.4. The fourth-order valence-corrected chi connectivity index (χ4v) is 1.16. The summed E-state index contributed by atoms with van der Waals surface area (Å²) in [6.45, 7) is 0. The molecule has 0 unspecified atom stereocenters. The number of methoxy groups -OCH3 is 1. The topological polar surface area (TPSA) is 93.2 Å². The Balaban J connectivity index is 3.49. The van der Waals surface area contributed by atoms with Crippen LogP contribution in [0.5, 0.6) is 5.75 Å². The van der Waals surface area contributed by atoms with Crippen molar-refractivity contribution in [3.63, 3.8) is 0 Å². The van der Waals surface area contributed by atoms with Gasteiger partial charge < -0.3 is 10.5 Å². The summed E-state index contributed by atoms with van der Waals surface area (Å²) in [5.41, 5.74) is 5.35. The number of hydrogen-bond acceptors (Lipinski definition) is 4. The first-order chi connectivity index (χ1) is 7.13. The van der Waals surface area contributed by atoms with Crippen LogP contribution < -0.4 is 10.5 Å². The predicted molar refractivity (Wildman–Crippen MR) is 51.6 cm³/mol. The number of amides is 1. The molecule has 0 fully saturated rings. The lowest BCUT2D eigenvalue weighted by atomic mass is 10.0. The number of carbonyl (C=O) groups excluding carboxylic acids is 2. The van der Waals surface area contributed by atoms with E-state index in [9.17, 15) is 9.59 Å². The molecule has 76 valence electrons. The number of primary amides is 1. The van der Waals surface area contributed by atoms with Crippen LogP contribution >= 0.6 is 0 Å². The van der Waals surface area contributed by atoms with Gasteiger partial charge in [-0.1, -0.05) is 0 Å². The van der Waals surface area contributed by atoms with Gasteiger partial charge >= 0.3 is 0 Å². The number of rotatable bonds is 3. The summed E-state index contributed by atoms with van der Waals surface area (Å²) in [6.07, 6.45) is 0.490. The maximum Gasteiger partial charge on any atom is 0.249 e. The molecule has 5 nitrogen and oxygen atoms in total. The Morgan fingerprint density at radius 2 is 2.27 bits per heavy atom. The van der Waals surface area contributed by atoms with Gasteiger partial charge in [-0.3, -0.25) is 9.59 Å². The molecule has 0 saturated carbocycles. The lowest BCUT2D eigenvalue weighted by Crippen LogP contribution is -2.14. The molecule has 1 rings (SSSR count). The zero-order valence-corrected chi connectivity index (χ0v) is 7.98. The van der Waals surface area contributed by atoms with Crippen LogP contribution in [0.1, 0.15) is 26.3 Å². The van der Waals surface area contributed by atoms with Crippen LogP contribution in [0.4, 0.5) is 0 Å². The van der Waals surface area contributed by atoms with Crippen molar-refractivity contribution in [2.75, 3.05) is 7.11 Å². The highest BCUT2D eigenvalue weighted by Gasteiger charge is 2.13. The van der Waals surface area contributed by atoms with Crippen molar-refractivity contribution >= 4 is 12.2 Å². The quantitative estimate of drug-likeness (QED) is 0.724. The summed E-state index contributed by atoms with van der Waals surface area (Å²) in [4.78, 5) is 21.6. The van der Waals surface area contributed by atoms with E-state index in [4.69, 9.17) is 15.7 Å². The molecule has 1 amide bonds. The van der Waals surface area contributed by atoms with Gasteiger partial charge in [0.25, 0.3) is 0 Å². The van der Waals surface area contributed by atoms with E-state index in [0.717, 1.165) is 0 Å². The second-order valence-electron chi connectivity index (χ2n) is 2.73. The van der Waals surface area contributed by atoms with E-state index in [0.29, 0.717) is 6.29 Å². The number of hydrogen-bond donors (Lipinski definition) is 1. The van der Waals surface area contributed by atoms with Crippen molar-refractivity contribution < 1.29 is 14.3 Å². The highest BCUT2D eigenvalue weighted by Crippen LogP contribution is 2.21. The van der Waals surface area contributed by atoms with Gasteiger partial charge in [-0.05, 0) is 12.1 Å². The van der Waals surface area contributed by atoms with Crippen molar-refractivity contribution in [3.05, 3.63) is 28.8 Å². The van der Waals surface area contributed by atoms with Crippen LogP contribution in [0.15, 0.2) is 12.1 Å². The molecule has 15 heavy (non-hydrogen) atoms. The molecule has 0 bridgehead atoms. The van der Waals surface area contributed by atoms with Crippen LogP contribution in [-0.4, -0.2) is 19.3 Å². The number of ether oxygens (including phenoxy) is 1. The third-order valence-corrected chi connectivity index (χ3v) is 1.88. The van der Waals surface area contributed by atoms with E-state index < -0.39 is 5.91 Å². The normalized spacial score (nSPS) is 9.07. The Bertz CT molecular complexity index is 460. The summed E-state index contributed by atoms with van der Waals surface area (Å²) >= 11 is 0. The van der Waals surface area contributed by atoms with Crippen molar-refractivity contribution in [3.8, 4) is 11.8 Å². The number of carbonyl (C=O) groups is 2. The largest absolute Gasteiger partial charge is 0.495 e. The first-order valence-electron chi connectivity index (χ1n) is 4.01. The van der Waals surface area contributed by atoms with Crippen LogP contribution in [0.2, 0.25) is 0 Å². The van der Waals surface area contributed by atoms with Gasteiger partial charge in [-0.2, -0.15) is 5.26 Å². The van der Waals surface area contributed by atoms with E-state index in [-0.39, 0.29) is 22.4 Å². The highest BCUT2D eigenvalue weighted by atomic mass is 16.5. The molecule has 0 radical (unpaired) electrons. The van der Waals surface area contributed by atoms with Gasteiger partial charge in [0.1, 0.15) is 11.8 Å². The summed E-state index contributed by atoms with van der Waals surface area (Å²) in [5, 5.41) is 8.75. The maximum atomic E-state index is 11.0. The number of nitrogens with zero attached hydrogens (tertiary/aromatic N) is 1. The Labute approximate surface area is 86.1 Å². The summed E-state index contributed by atoms with van der Waals surface area (Å²) in [5.74, 6) is -0.513. The molecule has 0 aliphatic rings. The molecule has 0 aliphatic heterocycles. The summed E-state index contributed by atoms with van der Waals surface area (Å²) < 4.78 is 4.88. The van der Waals surface area contributed by atoms with E-state index in [1.165, 1.54) is 19.2 Å². The van der Waals surface area contributed by atoms with Crippen molar-refractivity contribution in [1.82, 2.24) is 0 Å². The molecule has 0 aliphatic carbocycles. The molecule has 0 atom stereocenters. The van der Waals surface area contributed by atoms with Gasteiger partial charge in [0.05, 0.1) is 18.2 Å². The minimum Gasteiger partial charge on any atom is -0.495 e. The Hall–Kier alpha value is -2.35. The molecular weight excluding hydrogens is 196 g/mol. The smallest absolute Gasteiger partial charge is 0.249 e.